The van der Waals surface area contributed by atoms with Crippen LogP contribution in [-0.4, -0.2) is 11.1 Å². The molecular weight excluding hydrogens is 204 g/mol. The smallest absolute Gasteiger partial charge is 0.317 e. The Morgan fingerprint density at radius 3 is 2.43 bits per heavy atom. The first-order chi connectivity index (χ1) is 6.40. The maximum Gasteiger partial charge on any atom is 0.317 e. The molecule has 0 saturated heterocycles. The Bertz CT molecular complexity index is 394. The van der Waals surface area contributed by atoms with E-state index in [1.54, 1.807) is 12.1 Å². The molecule has 1 aromatic heterocycles. The number of rotatable bonds is 2. The van der Waals surface area contributed by atoms with E-state index in [9.17, 15) is 9.90 Å². The number of aliphatic carboxylic acids is 1. The molecular formula is C10H11ClO3. The topological polar surface area (TPSA) is 50.4 Å². The Morgan fingerprint density at radius 2 is 2.14 bits per heavy atom. The van der Waals surface area contributed by atoms with Gasteiger partial charge in [-0.05, 0) is 35.6 Å². The van der Waals surface area contributed by atoms with Crippen LogP contribution in [0.2, 0.25) is 5.22 Å². The van der Waals surface area contributed by atoms with Gasteiger partial charge in [0.25, 0.3) is 0 Å². The molecule has 14 heavy (non-hydrogen) atoms. The predicted molar refractivity (Wildman–Crippen MR) is 51.4 cm³/mol. The van der Waals surface area contributed by atoms with E-state index < -0.39 is 11.4 Å². The van der Waals surface area contributed by atoms with E-state index in [-0.39, 0.29) is 10.6 Å². The van der Waals surface area contributed by atoms with Gasteiger partial charge >= 0.3 is 5.97 Å². The lowest BCUT2D eigenvalue weighted by Gasteiger charge is -2.12. The number of furan rings is 1. The minimum atomic E-state index is -0.875. The summed E-state index contributed by atoms with van der Waals surface area (Å²) < 4.78 is 5.19. The fourth-order valence-electron chi connectivity index (χ4n) is 2.05. The molecule has 1 saturated carbocycles. The van der Waals surface area contributed by atoms with Crippen molar-refractivity contribution < 1.29 is 14.3 Å². The van der Waals surface area contributed by atoms with Gasteiger partial charge in [0.05, 0.1) is 0 Å². The zero-order valence-electron chi connectivity index (χ0n) is 8.00. The second-order valence-corrected chi connectivity index (χ2v) is 4.75. The van der Waals surface area contributed by atoms with E-state index in [1.165, 1.54) is 0 Å². The van der Waals surface area contributed by atoms with Gasteiger partial charge in [-0.3, -0.25) is 4.79 Å². The normalized spacial score (nSPS) is 28.8. The Balaban J connectivity index is 2.46. The van der Waals surface area contributed by atoms with Crippen molar-refractivity contribution in [1.29, 1.82) is 0 Å². The lowest BCUT2D eigenvalue weighted by molar-refractivity contribution is -0.141. The second-order valence-electron chi connectivity index (χ2n) is 4.37. The molecule has 1 atom stereocenters. The molecule has 0 spiro atoms. The minimum absolute atomic E-state index is 0.239. The first-order valence-corrected chi connectivity index (χ1v) is 4.77. The fraction of sp³-hybridized carbons (Fsp3) is 0.500. The van der Waals surface area contributed by atoms with E-state index in [4.69, 9.17) is 16.0 Å². The highest BCUT2D eigenvalue weighted by atomic mass is 35.5. The first kappa shape index (κ1) is 9.59. The van der Waals surface area contributed by atoms with Crippen molar-refractivity contribution in [2.75, 3.05) is 0 Å². The summed E-state index contributed by atoms with van der Waals surface area (Å²) >= 11 is 5.63. The average molecular weight is 215 g/mol. The van der Waals surface area contributed by atoms with Gasteiger partial charge in [0.15, 0.2) is 5.22 Å². The SMILES string of the molecule is CC1(C)CC1(C(=O)O)c1ccc(Cl)o1. The van der Waals surface area contributed by atoms with Crippen LogP contribution in [0, 0.1) is 5.41 Å². The quantitative estimate of drug-likeness (QED) is 0.824. The van der Waals surface area contributed by atoms with Crippen molar-refractivity contribution in [3.8, 4) is 0 Å². The number of carboxylic acids is 1. The van der Waals surface area contributed by atoms with Crippen LogP contribution < -0.4 is 0 Å². The summed E-state index contributed by atoms with van der Waals surface area (Å²) in [6.45, 7) is 3.83. The lowest BCUT2D eigenvalue weighted by Crippen LogP contribution is -2.24. The van der Waals surface area contributed by atoms with Gasteiger partial charge in [-0.25, -0.2) is 0 Å². The number of carbonyl (C=O) groups is 1. The molecule has 4 heteroatoms. The molecule has 0 radical (unpaired) electrons. The molecule has 0 aromatic carbocycles. The predicted octanol–water partition coefficient (Wildman–Crippen LogP) is 2.69. The highest BCUT2D eigenvalue weighted by molar-refractivity contribution is 6.28. The van der Waals surface area contributed by atoms with Crippen molar-refractivity contribution in [2.24, 2.45) is 5.41 Å². The molecule has 1 aliphatic rings. The molecule has 0 aliphatic heterocycles. The molecule has 0 bridgehead atoms. The van der Waals surface area contributed by atoms with Crippen LogP contribution >= 0.6 is 11.6 Å². The summed E-state index contributed by atoms with van der Waals surface area (Å²) in [6, 6.07) is 3.22. The Kier molecular flexibility index (Phi) is 1.74. The molecule has 1 aromatic rings. The van der Waals surface area contributed by atoms with Gasteiger partial charge in [0.1, 0.15) is 11.2 Å². The van der Waals surface area contributed by atoms with Crippen LogP contribution in [0.5, 0.6) is 0 Å². The highest BCUT2D eigenvalue weighted by Gasteiger charge is 2.69. The van der Waals surface area contributed by atoms with Gasteiger partial charge in [-0.15, -0.1) is 0 Å². The summed E-state index contributed by atoms with van der Waals surface area (Å²) in [5, 5.41) is 9.44. The Morgan fingerprint density at radius 1 is 1.57 bits per heavy atom. The zero-order valence-corrected chi connectivity index (χ0v) is 8.76. The monoisotopic (exact) mass is 214 g/mol. The van der Waals surface area contributed by atoms with Crippen LogP contribution in [0.1, 0.15) is 26.0 Å². The first-order valence-electron chi connectivity index (χ1n) is 4.39. The average Bonchev–Trinajstić information content (AvgIpc) is 2.44. The van der Waals surface area contributed by atoms with Gasteiger partial charge < -0.3 is 9.52 Å². The third-order valence-corrected chi connectivity index (χ3v) is 3.30. The van der Waals surface area contributed by atoms with Crippen molar-refractivity contribution in [2.45, 2.75) is 25.7 Å². The number of halogens is 1. The van der Waals surface area contributed by atoms with Crippen LogP contribution in [0.4, 0.5) is 0 Å². The van der Waals surface area contributed by atoms with Crippen molar-refractivity contribution >= 4 is 17.6 Å². The number of hydrogen-bond donors (Lipinski definition) is 1. The third-order valence-electron chi connectivity index (χ3n) is 3.10. The minimum Gasteiger partial charge on any atom is -0.480 e. The molecule has 1 fully saturated rings. The van der Waals surface area contributed by atoms with Crippen molar-refractivity contribution in [1.82, 2.24) is 0 Å². The molecule has 1 unspecified atom stereocenters. The van der Waals surface area contributed by atoms with Crippen molar-refractivity contribution in [3.05, 3.63) is 23.1 Å². The Labute approximate surface area is 86.7 Å². The van der Waals surface area contributed by atoms with Gasteiger partial charge in [0, 0.05) is 0 Å². The summed E-state index contributed by atoms with van der Waals surface area (Å²) in [7, 11) is 0. The molecule has 0 amide bonds. The zero-order chi connectivity index (χ0) is 10.6. The van der Waals surface area contributed by atoms with Crippen LogP contribution in [-0.2, 0) is 10.2 Å². The molecule has 1 aliphatic carbocycles. The summed E-state index contributed by atoms with van der Waals surface area (Å²) in [6.07, 6.45) is 0.596. The van der Waals surface area contributed by atoms with Crippen LogP contribution in [0.25, 0.3) is 0 Å². The van der Waals surface area contributed by atoms with E-state index >= 15 is 0 Å². The van der Waals surface area contributed by atoms with Gasteiger partial charge in [0.2, 0.25) is 0 Å². The second kappa shape index (κ2) is 2.54. The van der Waals surface area contributed by atoms with E-state index in [1.807, 2.05) is 13.8 Å². The van der Waals surface area contributed by atoms with Crippen LogP contribution in [0.3, 0.4) is 0 Å². The van der Waals surface area contributed by atoms with E-state index in [2.05, 4.69) is 0 Å². The summed E-state index contributed by atoms with van der Waals surface area (Å²) in [4.78, 5) is 11.2. The van der Waals surface area contributed by atoms with E-state index in [0.29, 0.717) is 12.2 Å². The number of carboxylic acid groups (broad SMARTS) is 1. The molecule has 2 rings (SSSR count). The van der Waals surface area contributed by atoms with Crippen molar-refractivity contribution in [3.63, 3.8) is 0 Å². The number of hydrogen-bond acceptors (Lipinski definition) is 2. The largest absolute Gasteiger partial charge is 0.480 e. The summed E-state index contributed by atoms with van der Waals surface area (Å²) in [5.41, 5.74) is -1.12. The highest BCUT2D eigenvalue weighted by Crippen LogP contribution is 2.64. The fourth-order valence-corrected chi connectivity index (χ4v) is 2.20. The Hall–Kier alpha value is -0.960. The van der Waals surface area contributed by atoms with Crippen LogP contribution in [0.15, 0.2) is 16.5 Å². The molecule has 3 nitrogen and oxygen atoms in total. The van der Waals surface area contributed by atoms with Gasteiger partial charge in [-0.2, -0.15) is 0 Å². The molecule has 1 heterocycles. The van der Waals surface area contributed by atoms with Gasteiger partial charge in [-0.1, -0.05) is 13.8 Å². The maximum absolute atomic E-state index is 11.2. The lowest BCUT2D eigenvalue weighted by atomic mass is 9.93. The molecule has 1 N–H and O–H groups in total. The standard InChI is InChI=1S/C10H11ClO3/c1-9(2)5-10(9,8(12)13)6-3-4-7(11)14-6/h3-4H,5H2,1-2H3,(H,12,13). The molecule has 76 valence electrons. The maximum atomic E-state index is 11.2. The summed E-state index contributed by atoms with van der Waals surface area (Å²) in [5.74, 6) is -0.381. The third kappa shape index (κ3) is 1.02. The van der Waals surface area contributed by atoms with E-state index in [0.717, 1.165) is 0 Å².